The van der Waals surface area contributed by atoms with E-state index in [1.54, 1.807) is 7.11 Å². The maximum atomic E-state index is 5.45. The zero-order valence-electron chi connectivity index (χ0n) is 12.8. The van der Waals surface area contributed by atoms with Crippen molar-refractivity contribution in [3.05, 3.63) is 52.8 Å². The van der Waals surface area contributed by atoms with Crippen LogP contribution in [-0.4, -0.2) is 12.1 Å². The molecule has 0 saturated heterocycles. The molecule has 0 aliphatic carbocycles. The van der Waals surface area contributed by atoms with Crippen molar-refractivity contribution < 1.29 is 4.74 Å². The van der Waals surface area contributed by atoms with Crippen molar-refractivity contribution in [2.24, 2.45) is 0 Å². The number of pyridine rings is 1. The highest BCUT2D eigenvalue weighted by Gasteiger charge is 2.12. The molecule has 106 valence electrons. The van der Waals surface area contributed by atoms with Crippen LogP contribution in [0.4, 0.5) is 5.69 Å². The van der Waals surface area contributed by atoms with Crippen LogP contribution < -0.4 is 10.1 Å². The fraction of sp³-hybridized carbons (Fsp3) is 0.353. The molecule has 3 heteroatoms. The zero-order valence-corrected chi connectivity index (χ0v) is 12.8. The minimum absolute atomic E-state index is 0.160. The van der Waals surface area contributed by atoms with E-state index in [-0.39, 0.29) is 6.04 Å². The van der Waals surface area contributed by atoms with E-state index in [0.29, 0.717) is 0 Å². The first-order valence-corrected chi connectivity index (χ1v) is 6.86. The fourth-order valence-electron chi connectivity index (χ4n) is 2.34. The smallest absolute Gasteiger partial charge is 0.124 e. The Morgan fingerprint density at radius 2 is 1.85 bits per heavy atom. The summed E-state index contributed by atoms with van der Waals surface area (Å²) in [7, 11) is 1.71. The van der Waals surface area contributed by atoms with Crippen molar-refractivity contribution >= 4 is 5.69 Å². The molecule has 1 aromatic carbocycles. The summed E-state index contributed by atoms with van der Waals surface area (Å²) in [5.74, 6) is 0.910. The number of ether oxygens (including phenoxy) is 1. The van der Waals surface area contributed by atoms with E-state index in [4.69, 9.17) is 4.74 Å². The highest BCUT2D eigenvalue weighted by Crippen LogP contribution is 2.29. The molecule has 0 fully saturated rings. The molecular weight excluding hydrogens is 248 g/mol. The van der Waals surface area contributed by atoms with Crippen LogP contribution in [0.2, 0.25) is 0 Å². The topological polar surface area (TPSA) is 34.1 Å². The van der Waals surface area contributed by atoms with Crippen LogP contribution in [0.25, 0.3) is 0 Å². The van der Waals surface area contributed by atoms with Crippen LogP contribution in [0.5, 0.6) is 5.75 Å². The van der Waals surface area contributed by atoms with E-state index in [1.807, 2.05) is 26.0 Å². The molecule has 0 spiro atoms. The Morgan fingerprint density at radius 1 is 1.10 bits per heavy atom. The van der Waals surface area contributed by atoms with Gasteiger partial charge in [-0.25, -0.2) is 0 Å². The highest BCUT2D eigenvalue weighted by molar-refractivity contribution is 5.51. The van der Waals surface area contributed by atoms with E-state index in [9.17, 15) is 0 Å². The molecular formula is C17H22N2O. The summed E-state index contributed by atoms with van der Waals surface area (Å²) in [6.45, 7) is 8.25. The lowest BCUT2D eigenvalue weighted by Crippen LogP contribution is -2.10. The van der Waals surface area contributed by atoms with Crippen molar-refractivity contribution in [2.75, 3.05) is 12.4 Å². The third-order valence-corrected chi connectivity index (χ3v) is 3.45. The number of hydrogen-bond donors (Lipinski definition) is 1. The highest BCUT2D eigenvalue weighted by atomic mass is 16.5. The second-order valence-corrected chi connectivity index (χ2v) is 5.20. The maximum Gasteiger partial charge on any atom is 0.124 e. The molecule has 0 bridgehead atoms. The molecule has 0 aliphatic heterocycles. The third-order valence-electron chi connectivity index (χ3n) is 3.45. The van der Waals surface area contributed by atoms with Gasteiger partial charge in [0, 0.05) is 11.3 Å². The van der Waals surface area contributed by atoms with E-state index >= 15 is 0 Å². The summed E-state index contributed by atoms with van der Waals surface area (Å²) < 4.78 is 5.45. The maximum absolute atomic E-state index is 5.45. The number of aryl methyl sites for hydroxylation is 3. The van der Waals surface area contributed by atoms with Crippen molar-refractivity contribution in [3.63, 3.8) is 0 Å². The normalized spacial score (nSPS) is 12.1. The lowest BCUT2D eigenvalue weighted by atomic mass is 10.0. The van der Waals surface area contributed by atoms with Gasteiger partial charge in [0.05, 0.1) is 24.5 Å². The number of rotatable bonds is 4. The van der Waals surface area contributed by atoms with Crippen LogP contribution in [0, 0.1) is 20.8 Å². The van der Waals surface area contributed by atoms with Gasteiger partial charge in [0.15, 0.2) is 0 Å². The van der Waals surface area contributed by atoms with Gasteiger partial charge in [-0.3, -0.25) is 4.98 Å². The van der Waals surface area contributed by atoms with Gasteiger partial charge in [-0.15, -0.1) is 0 Å². The summed E-state index contributed by atoms with van der Waals surface area (Å²) in [6.07, 6.45) is 0. The second kappa shape index (κ2) is 5.95. The average molecular weight is 270 g/mol. The molecule has 1 aromatic heterocycles. The predicted octanol–water partition coefficient (Wildman–Crippen LogP) is 4.19. The number of nitrogens with one attached hydrogen (secondary N) is 1. The largest absolute Gasteiger partial charge is 0.496 e. The number of methoxy groups -OCH3 is 1. The minimum Gasteiger partial charge on any atom is -0.496 e. The standard InChI is InChI=1S/C17H22N2O/c1-11-6-9-17(20-5)15(10-11)13(3)19-16-8-7-12(2)18-14(16)4/h6-10,13,19H,1-5H3. The summed E-state index contributed by atoms with van der Waals surface area (Å²) in [6, 6.07) is 10.5. The van der Waals surface area contributed by atoms with Gasteiger partial charge in [0.1, 0.15) is 5.75 Å². The van der Waals surface area contributed by atoms with Gasteiger partial charge in [-0.05, 0) is 45.9 Å². The third kappa shape index (κ3) is 3.10. The molecule has 0 amide bonds. The monoisotopic (exact) mass is 270 g/mol. The minimum atomic E-state index is 0.160. The first kappa shape index (κ1) is 14.4. The number of anilines is 1. The van der Waals surface area contributed by atoms with Gasteiger partial charge in [-0.2, -0.15) is 0 Å². The average Bonchev–Trinajstić information content (AvgIpc) is 2.41. The van der Waals surface area contributed by atoms with Crippen LogP contribution in [0.3, 0.4) is 0 Å². The molecule has 20 heavy (non-hydrogen) atoms. The molecule has 2 rings (SSSR count). The Hall–Kier alpha value is -2.03. The van der Waals surface area contributed by atoms with Gasteiger partial charge in [0.2, 0.25) is 0 Å². The summed E-state index contributed by atoms with van der Waals surface area (Å²) in [5, 5.41) is 3.51. The van der Waals surface area contributed by atoms with Crippen LogP contribution in [0.15, 0.2) is 30.3 Å². The van der Waals surface area contributed by atoms with E-state index in [2.05, 4.69) is 42.3 Å². The first-order valence-electron chi connectivity index (χ1n) is 6.86. The number of aromatic nitrogens is 1. The van der Waals surface area contributed by atoms with E-state index in [0.717, 1.165) is 28.4 Å². The number of benzene rings is 1. The molecule has 0 saturated carbocycles. The van der Waals surface area contributed by atoms with E-state index < -0.39 is 0 Å². The Labute approximate surface area is 121 Å². The fourth-order valence-corrected chi connectivity index (χ4v) is 2.34. The molecule has 3 nitrogen and oxygen atoms in total. The number of hydrogen-bond acceptors (Lipinski definition) is 3. The Balaban J connectivity index is 2.27. The molecule has 1 atom stereocenters. The van der Waals surface area contributed by atoms with Crippen molar-refractivity contribution in [3.8, 4) is 5.75 Å². The predicted molar refractivity (Wildman–Crippen MR) is 83.5 cm³/mol. The Morgan fingerprint density at radius 3 is 2.50 bits per heavy atom. The van der Waals surface area contributed by atoms with Crippen molar-refractivity contribution in [1.82, 2.24) is 4.98 Å². The lowest BCUT2D eigenvalue weighted by Gasteiger charge is -2.20. The molecule has 1 heterocycles. The molecule has 0 aliphatic rings. The van der Waals surface area contributed by atoms with Gasteiger partial charge in [-0.1, -0.05) is 17.7 Å². The van der Waals surface area contributed by atoms with Gasteiger partial charge >= 0.3 is 0 Å². The van der Waals surface area contributed by atoms with Crippen LogP contribution in [0.1, 0.15) is 35.5 Å². The lowest BCUT2D eigenvalue weighted by molar-refractivity contribution is 0.408. The Bertz CT molecular complexity index is 608. The zero-order chi connectivity index (χ0) is 14.7. The van der Waals surface area contributed by atoms with Gasteiger partial charge in [0.25, 0.3) is 0 Å². The van der Waals surface area contributed by atoms with Crippen LogP contribution >= 0.6 is 0 Å². The molecule has 2 aromatic rings. The summed E-state index contributed by atoms with van der Waals surface area (Å²) >= 11 is 0. The number of nitrogens with zero attached hydrogens (tertiary/aromatic N) is 1. The molecule has 0 radical (unpaired) electrons. The second-order valence-electron chi connectivity index (χ2n) is 5.20. The summed E-state index contributed by atoms with van der Waals surface area (Å²) in [5.41, 5.74) is 5.50. The van der Waals surface area contributed by atoms with E-state index in [1.165, 1.54) is 5.56 Å². The van der Waals surface area contributed by atoms with Crippen molar-refractivity contribution in [2.45, 2.75) is 33.7 Å². The SMILES string of the molecule is COc1ccc(C)cc1C(C)Nc1ccc(C)nc1C. The molecule has 1 unspecified atom stereocenters. The van der Waals surface area contributed by atoms with Crippen molar-refractivity contribution in [1.29, 1.82) is 0 Å². The van der Waals surface area contributed by atoms with Gasteiger partial charge < -0.3 is 10.1 Å². The first-order chi connectivity index (χ1) is 9.51. The summed E-state index contributed by atoms with van der Waals surface area (Å²) in [4.78, 5) is 4.49. The van der Waals surface area contributed by atoms with Crippen LogP contribution in [-0.2, 0) is 0 Å². The Kier molecular flexibility index (Phi) is 4.28. The quantitative estimate of drug-likeness (QED) is 0.904. The molecule has 1 N–H and O–H groups in total.